The number of alkyl halides is 2. The summed E-state index contributed by atoms with van der Waals surface area (Å²) in [4.78, 5) is 15.4. The van der Waals surface area contributed by atoms with E-state index in [1.165, 1.54) is 12.3 Å². The Hall–Kier alpha value is -2.31. The lowest BCUT2D eigenvalue weighted by Crippen LogP contribution is -2.12. The van der Waals surface area contributed by atoms with Crippen molar-refractivity contribution in [3.63, 3.8) is 0 Å². The smallest absolute Gasteiger partial charge is 0.280 e. The van der Waals surface area contributed by atoms with Crippen molar-refractivity contribution in [2.24, 2.45) is 0 Å². The first-order chi connectivity index (χ1) is 9.60. The molecule has 106 valence electrons. The number of amides is 1. The lowest BCUT2D eigenvalue weighted by Gasteiger charge is -2.03. The van der Waals surface area contributed by atoms with Crippen LogP contribution in [-0.2, 0) is 6.42 Å². The van der Waals surface area contributed by atoms with E-state index in [-0.39, 0.29) is 11.4 Å². The molecule has 2 aromatic rings. The quantitative estimate of drug-likeness (QED) is 0.913. The summed E-state index contributed by atoms with van der Waals surface area (Å²) in [6.07, 6.45) is 0.124. The van der Waals surface area contributed by atoms with E-state index in [4.69, 9.17) is 4.52 Å². The fourth-order valence-corrected chi connectivity index (χ4v) is 1.59. The first-order valence-electron chi connectivity index (χ1n) is 6.11. The molecular formula is C13H13F2N3O2. The third-order valence-corrected chi connectivity index (χ3v) is 2.56. The van der Waals surface area contributed by atoms with E-state index < -0.39 is 12.3 Å². The predicted octanol–water partition coefficient (Wildman–Crippen LogP) is 3.21. The molecule has 2 rings (SSSR count). The molecule has 0 fully saturated rings. The Morgan fingerprint density at radius 3 is 2.85 bits per heavy atom. The van der Waals surface area contributed by atoms with E-state index in [0.29, 0.717) is 17.9 Å². The van der Waals surface area contributed by atoms with Gasteiger partial charge in [0.2, 0.25) is 0 Å². The molecule has 2 aromatic heterocycles. The van der Waals surface area contributed by atoms with Gasteiger partial charge in [-0.3, -0.25) is 9.78 Å². The van der Waals surface area contributed by atoms with Crippen LogP contribution in [0.1, 0.15) is 41.7 Å². The van der Waals surface area contributed by atoms with Crippen molar-refractivity contribution in [1.82, 2.24) is 10.1 Å². The topological polar surface area (TPSA) is 68.0 Å². The number of carbonyl (C=O) groups excluding carboxylic acids is 1. The summed E-state index contributed by atoms with van der Waals surface area (Å²) in [6, 6.07) is 4.07. The van der Waals surface area contributed by atoms with Crippen LogP contribution in [0.3, 0.4) is 0 Å². The van der Waals surface area contributed by atoms with Crippen LogP contribution in [-0.4, -0.2) is 16.0 Å². The number of pyridine rings is 1. The summed E-state index contributed by atoms with van der Waals surface area (Å²) in [5, 5.41) is 6.16. The van der Waals surface area contributed by atoms with E-state index in [2.05, 4.69) is 15.5 Å². The molecule has 0 aromatic carbocycles. The van der Waals surface area contributed by atoms with E-state index in [9.17, 15) is 13.6 Å². The van der Waals surface area contributed by atoms with Gasteiger partial charge in [-0.1, -0.05) is 12.1 Å². The first-order valence-corrected chi connectivity index (χ1v) is 6.11. The molecule has 7 heteroatoms. The number of nitrogens with zero attached hydrogens (tertiary/aromatic N) is 2. The molecule has 0 saturated carbocycles. The number of anilines is 1. The third-order valence-electron chi connectivity index (χ3n) is 2.56. The molecule has 0 atom stereocenters. The molecule has 0 aliphatic rings. The third kappa shape index (κ3) is 3.37. The fraction of sp³-hybridized carbons (Fsp3) is 0.308. The fourth-order valence-electron chi connectivity index (χ4n) is 1.59. The molecule has 1 amide bonds. The highest BCUT2D eigenvalue weighted by molar-refractivity contribution is 6.02. The van der Waals surface area contributed by atoms with Crippen LogP contribution in [0.15, 0.2) is 28.9 Å². The minimum absolute atomic E-state index is 0.145. The van der Waals surface area contributed by atoms with Gasteiger partial charge in [0.15, 0.2) is 5.69 Å². The van der Waals surface area contributed by atoms with Crippen molar-refractivity contribution < 1.29 is 18.1 Å². The minimum atomic E-state index is -2.63. The molecule has 0 saturated heterocycles. The molecule has 0 spiro atoms. The van der Waals surface area contributed by atoms with E-state index in [1.54, 1.807) is 6.07 Å². The second-order valence-electron chi connectivity index (χ2n) is 4.16. The van der Waals surface area contributed by atoms with E-state index in [0.717, 1.165) is 12.5 Å². The Labute approximate surface area is 114 Å². The highest BCUT2D eigenvalue weighted by Crippen LogP contribution is 2.18. The van der Waals surface area contributed by atoms with Crippen LogP contribution in [0, 0.1) is 0 Å². The zero-order chi connectivity index (χ0) is 14.5. The standard InChI is InChI=1S/C13H13F2N3O2/c1-2-3-9-6-11(18-20-9)13(19)17-8-4-5-10(12(14)15)16-7-8/h4-7,12H,2-3H2,1H3,(H,17,19). The van der Waals surface area contributed by atoms with Crippen molar-refractivity contribution in [2.45, 2.75) is 26.2 Å². The van der Waals surface area contributed by atoms with Crippen molar-refractivity contribution in [1.29, 1.82) is 0 Å². The molecular weight excluding hydrogens is 268 g/mol. The van der Waals surface area contributed by atoms with Gasteiger partial charge >= 0.3 is 0 Å². The lowest BCUT2D eigenvalue weighted by molar-refractivity contribution is 0.101. The number of rotatable bonds is 5. The molecule has 5 nitrogen and oxygen atoms in total. The predicted molar refractivity (Wildman–Crippen MR) is 67.6 cm³/mol. The molecule has 2 heterocycles. The lowest BCUT2D eigenvalue weighted by atomic mass is 10.2. The molecule has 0 unspecified atom stereocenters. The second kappa shape index (κ2) is 6.23. The van der Waals surface area contributed by atoms with E-state index >= 15 is 0 Å². The Kier molecular flexibility index (Phi) is 4.39. The average Bonchev–Trinajstić information content (AvgIpc) is 2.88. The Bertz CT molecular complexity index is 582. The van der Waals surface area contributed by atoms with Crippen molar-refractivity contribution in [3.05, 3.63) is 41.5 Å². The zero-order valence-corrected chi connectivity index (χ0v) is 10.8. The summed E-state index contributed by atoms with van der Waals surface area (Å²) in [7, 11) is 0. The van der Waals surface area contributed by atoms with Crippen LogP contribution >= 0.6 is 0 Å². The van der Waals surface area contributed by atoms with Crippen LogP contribution in [0.5, 0.6) is 0 Å². The van der Waals surface area contributed by atoms with Crippen molar-refractivity contribution in [2.75, 3.05) is 5.32 Å². The largest absolute Gasteiger partial charge is 0.361 e. The van der Waals surface area contributed by atoms with Gasteiger partial charge in [0, 0.05) is 12.5 Å². The monoisotopic (exact) mass is 281 g/mol. The highest BCUT2D eigenvalue weighted by Gasteiger charge is 2.13. The number of nitrogens with one attached hydrogen (secondary N) is 1. The van der Waals surface area contributed by atoms with Crippen LogP contribution in [0.4, 0.5) is 14.5 Å². The van der Waals surface area contributed by atoms with Crippen molar-refractivity contribution in [3.8, 4) is 0 Å². The molecule has 0 aliphatic heterocycles. The summed E-state index contributed by atoms with van der Waals surface area (Å²) >= 11 is 0. The van der Waals surface area contributed by atoms with Gasteiger partial charge in [-0.2, -0.15) is 0 Å². The summed E-state index contributed by atoms with van der Waals surface area (Å²) < 4.78 is 29.6. The molecule has 20 heavy (non-hydrogen) atoms. The van der Waals surface area contributed by atoms with Gasteiger partial charge < -0.3 is 9.84 Å². The van der Waals surface area contributed by atoms with Gasteiger partial charge in [0.1, 0.15) is 11.5 Å². The second-order valence-corrected chi connectivity index (χ2v) is 4.16. The first kappa shape index (κ1) is 14.1. The van der Waals surface area contributed by atoms with Crippen LogP contribution in [0.2, 0.25) is 0 Å². The SMILES string of the molecule is CCCc1cc(C(=O)Nc2ccc(C(F)F)nc2)no1. The number of carbonyl (C=O) groups is 1. The van der Waals surface area contributed by atoms with Gasteiger partial charge in [-0.25, -0.2) is 8.78 Å². The Morgan fingerprint density at radius 1 is 1.45 bits per heavy atom. The Balaban J connectivity index is 2.03. The van der Waals surface area contributed by atoms with Gasteiger partial charge in [-0.05, 0) is 18.6 Å². The number of halogens is 2. The minimum Gasteiger partial charge on any atom is -0.361 e. The zero-order valence-electron chi connectivity index (χ0n) is 10.8. The Morgan fingerprint density at radius 2 is 2.25 bits per heavy atom. The highest BCUT2D eigenvalue weighted by atomic mass is 19.3. The number of aryl methyl sites for hydroxylation is 1. The molecule has 0 aliphatic carbocycles. The maximum Gasteiger partial charge on any atom is 0.280 e. The molecule has 0 radical (unpaired) electrons. The van der Waals surface area contributed by atoms with Crippen LogP contribution in [0.25, 0.3) is 0 Å². The molecule has 1 N–H and O–H groups in total. The summed E-state index contributed by atoms with van der Waals surface area (Å²) in [5.41, 5.74) is 0.125. The molecule has 0 bridgehead atoms. The van der Waals surface area contributed by atoms with Gasteiger partial charge in [0.25, 0.3) is 12.3 Å². The van der Waals surface area contributed by atoms with Crippen LogP contribution < -0.4 is 5.32 Å². The van der Waals surface area contributed by atoms with Gasteiger partial charge in [-0.15, -0.1) is 0 Å². The summed E-state index contributed by atoms with van der Waals surface area (Å²) in [5.74, 6) is 0.159. The average molecular weight is 281 g/mol. The van der Waals surface area contributed by atoms with Gasteiger partial charge in [0.05, 0.1) is 11.9 Å². The maximum atomic E-state index is 12.3. The summed E-state index contributed by atoms with van der Waals surface area (Å²) in [6.45, 7) is 1.98. The maximum absolute atomic E-state index is 12.3. The number of hydrogen-bond acceptors (Lipinski definition) is 4. The van der Waals surface area contributed by atoms with E-state index in [1.807, 2.05) is 6.92 Å². The van der Waals surface area contributed by atoms with Crippen molar-refractivity contribution >= 4 is 11.6 Å². The normalized spacial score (nSPS) is 10.8. The number of aromatic nitrogens is 2. The number of hydrogen-bond donors (Lipinski definition) is 1.